The van der Waals surface area contributed by atoms with Gasteiger partial charge in [-0.2, -0.15) is 26.3 Å². The third kappa shape index (κ3) is 6.79. The zero-order valence-electron chi connectivity index (χ0n) is 18.7. The number of hydrogen-bond donors (Lipinski definition) is 0. The molecule has 3 nitrogen and oxygen atoms in total. The fourth-order valence-corrected chi connectivity index (χ4v) is 3.17. The predicted octanol–water partition coefficient (Wildman–Crippen LogP) is 8.17. The van der Waals surface area contributed by atoms with Gasteiger partial charge in [-0.3, -0.25) is 0 Å². The maximum Gasteiger partial charge on any atom is 0.426 e. The van der Waals surface area contributed by atoms with Crippen LogP contribution in [-0.2, 0) is 18.6 Å². The molecule has 0 saturated heterocycles. The highest BCUT2D eigenvalue weighted by Crippen LogP contribution is 2.37. The average Bonchev–Trinajstić information content (AvgIpc) is 2.80. The molecule has 11 heteroatoms. The number of unbranched alkanes of at least 4 members (excludes halogenated alkanes) is 1. The first-order valence-corrected chi connectivity index (χ1v) is 10.7. The number of benzene rings is 3. The van der Waals surface area contributed by atoms with Crippen LogP contribution in [0.5, 0.6) is 17.2 Å². The highest BCUT2D eigenvalue weighted by molar-refractivity contribution is 5.36. The summed E-state index contributed by atoms with van der Waals surface area (Å²) >= 11 is 0. The van der Waals surface area contributed by atoms with Gasteiger partial charge in [-0.1, -0.05) is 25.5 Å². The molecule has 0 N–H and O–H groups in total. The zero-order valence-corrected chi connectivity index (χ0v) is 18.7. The molecule has 0 radical (unpaired) electrons. The summed E-state index contributed by atoms with van der Waals surface area (Å²) < 4.78 is 123. The minimum absolute atomic E-state index is 0.236. The van der Waals surface area contributed by atoms with Crippen molar-refractivity contribution in [3.8, 4) is 17.2 Å². The Balaban J connectivity index is 1.70. The minimum atomic E-state index is -4.17. The van der Waals surface area contributed by atoms with Crippen molar-refractivity contribution in [2.75, 3.05) is 0 Å². The van der Waals surface area contributed by atoms with Gasteiger partial charge in [0.1, 0.15) is 11.5 Å². The summed E-state index contributed by atoms with van der Waals surface area (Å²) in [6.45, 7) is -1.53. The number of alkyl halides is 6. The van der Waals surface area contributed by atoms with Crippen LogP contribution in [0.15, 0.2) is 60.7 Å². The molecule has 0 aliphatic carbocycles. The number of halogens is 8. The zero-order chi connectivity index (χ0) is 26.5. The van der Waals surface area contributed by atoms with Crippen LogP contribution in [0.25, 0.3) is 0 Å². The van der Waals surface area contributed by atoms with Gasteiger partial charge in [0, 0.05) is 12.1 Å². The Bertz CT molecular complexity index is 1130. The molecule has 0 spiro atoms. The van der Waals surface area contributed by atoms with Gasteiger partial charge >= 0.3 is 18.8 Å². The lowest BCUT2D eigenvalue weighted by Gasteiger charge is -2.21. The Morgan fingerprint density at radius 3 is 1.67 bits per heavy atom. The van der Waals surface area contributed by atoms with E-state index in [0.717, 1.165) is 49.1 Å². The summed E-state index contributed by atoms with van der Waals surface area (Å²) in [6, 6.07) is 9.16. The number of ether oxygens (including phenoxy) is 3. The van der Waals surface area contributed by atoms with Gasteiger partial charge in [-0.25, -0.2) is 8.78 Å². The molecule has 0 saturated carbocycles. The first-order valence-electron chi connectivity index (χ1n) is 10.7. The smallest absolute Gasteiger partial charge is 0.426 e. The molecule has 194 valence electrons. The maximum absolute atomic E-state index is 14.5. The molecule has 0 heterocycles. The molecule has 0 bridgehead atoms. The van der Waals surface area contributed by atoms with Gasteiger partial charge in [0.2, 0.25) is 0 Å². The van der Waals surface area contributed by atoms with Gasteiger partial charge < -0.3 is 14.2 Å². The standard InChI is InChI=1S/C25H20F8O3/c1-2-3-4-15-5-7-16(8-6-15)24(30,31)35-18-11-9-17(10-12-18)25(32,33)36-19-13-20(26)22(21(27)14-19)34-23(28)29/h5-14,23H,2-4H2,1H3. The van der Waals surface area contributed by atoms with Gasteiger partial charge in [-0.15, -0.1) is 0 Å². The molecular formula is C25H20F8O3. The molecule has 3 rings (SSSR count). The van der Waals surface area contributed by atoms with Crippen LogP contribution >= 0.6 is 0 Å². The molecule has 0 aliphatic heterocycles. The molecule has 0 aliphatic rings. The topological polar surface area (TPSA) is 27.7 Å². The maximum atomic E-state index is 14.5. The molecule has 0 fully saturated rings. The van der Waals surface area contributed by atoms with Crippen molar-refractivity contribution < 1.29 is 49.3 Å². The second-order valence-corrected chi connectivity index (χ2v) is 7.66. The van der Waals surface area contributed by atoms with Crippen molar-refractivity contribution in [2.45, 2.75) is 45.0 Å². The molecule has 0 unspecified atom stereocenters. The monoisotopic (exact) mass is 520 g/mol. The first-order chi connectivity index (χ1) is 16.9. The summed E-state index contributed by atoms with van der Waals surface area (Å²) in [7, 11) is 0. The highest BCUT2D eigenvalue weighted by Gasteiger charge is 2.37. The minimum Gasteiger partial charge on any atom is -0.429 e. The normalized spacial score (nSPS) is 12.1. The van der Waals surface area contributed by atoms with E-state index in [1.807, 2.05) is 6.92 Å². The Morgan fingerprint density at radius 1 is 0.722 bits per heavy atom. The van der Waals surface area contributed by atoms with Crippen molar-refractivity contribution in [1.82, 2.24) is 0 Å². The van der Waals surface area contributed by atoms with Gasteiger partial charge in [0.25, 0.3) is 0 Å². The van der Waals surface area contributed by atoms with E-state index in [2.05, 4.69) is 14.2 Å². The molecule has 3 aromatic carbocycles. The van der Waals surface area contributed by atoms with E-state index < -0.39 is 58.8 Å². The Morgan fingerprint density at radius 2 is 1.19 bits per heavy atom. The van der Waals surface area contributed by atoms with Crippen molar-refractivity contribution in [3.05, 3.63) is 89.0 Å². The number of rotatable bonds is 11. The summed E-state index contributed by atoms with van der Waals surface area (Å²) in [5.41, 5.74) is -0.394. The van der Waals surface area contributed by atoms with Crippen molar-refractivity contribution in [3.63, 3.8) is 0 Å². The van der Waals surface area contributed by atoms with Crippen LogP contribution in [0.3, 0.4) is 0 Å². The average molecular weight is 520 g/mol. The fraction of sp³-hybridized carbons (Fsp3) is 0.280. The third-order valence-electron chi connectivity index (χ3n) is 4.97. The summed E-state index contributed by atoms with van der Waals surface area (Å²) in [4.78, 5) is 0. The predicted molar refractivity (Wildman–Crippen MR) is 114 cm³/mol. The van der Waals surface area contributed by atoms with Gasteiger partial charge in [0.05, 0.1) is 11.1 Å². The van der Waals surface area contributed by atoms with E-state index in [-0.39, 0.29) is 12.1 Å². The van der Waals surface area contributed by atoms with Crippen LogP contribution in [0.1, 0.15) is 36.5 Å². The lowest BCUT2D eigenvalue weighted by molar-refractivity contribution is -0.187. The Kier molecular flexibility index (Phi) is 8.31. The second-order valence-electron chi connectivity index (χ2n) is 7.66. The summed E-state index contributed by atoms with van der Waals surface area (Å²) in [5, 5.41) is 0. The van der Waals surface area contributed by atoms with E-state index >= 15 is 0 Å². The van der Waals surface area contributed by atoms with Crippen molar-refractivity contribution in [2.24, 2.45) is 0 Å². The molecule has 0 aromatic heterocycles. The highest BCUT2D eigenvalue weighted by atomic mass is 19.3. The number of hydrogen-bond acceptors (Lipinski definition) is 3. The largest absolute Gasteiger partial charge is 0.429 e. The molecule has 0 atom stereocenters. The van der Waals surface area contributed by atoms with E-state index in [4.69, 9.17) is 0 Å². The van der Waals surface area contributed by atoms with E-state index in [9.17, 15) is 35.1 Å². The first kappa shape index (κ1) is 27.1. The van der Waals surface area contributed by atoms with E-state index in [0.29, 0.717) is 0 Å². The van der Waals surface area contributed by atoms with Crippen LogP contribution in [0.4, 0.5) is 35.1 Å². The SMILES string of the molecule is CCCCc1ccc(C(F)(F)Oc2ccc(C(F)(F)Oc3cc(F)c(OC(F)F)c(F)c3)cc2)cc1. The Hall–Kier alpha value is -3.50. The second kappa shape index (κ2) is 11.0. The Labute approximate surface area is 201 Å². The summed E-state index contributed by atoms with van der Waals surface area (Å²) in [6.07, 6.45) is -5.30. The molecule has 3 aromatic rings. The third-order valence-corrected chi connectivity index (χ3v) is 4.97. The quantitative estimate of drug-likeness (QED) is 0.239. The lowest BCUT2D eigenvalue weighted by Crippen LogP contribution is -2.23. The summed E-state index contributed by atoms with van der Waals surface area (Å²) in [5.74, 6) is -6.29. The number of aryl methyl sites for hydroxylation is 1. The van der Waals surface area contributed by atoms with Crippen LogP contribution in [-0.4, -0.2) is 6.61 Å². The van der Waals surface area contributed by atoms with E-state index in [1.165, 1.54) is 12.1 Å². The van der Waals surface area contributed by atoms with E-state index in [1.54, 1.807) is 12.1 Å². The molecular weight excluding hydrogens is 500 g/mol. The fourth-order valence-electron chi connectivity index (χ4n) is 3.17. The van der Waals surface area contributed by atoms with Crippen LogP contribution in [0.2, 0.25) is 0 Å². The van der Waals surface area contributed by atoms with Crippen molar-refractivity contribution >= 4 is 0 Å². The van der Waals surface area contributed by atoms with Gasteiger partial charge in [0.15, 0.2) is 17.4 Å². The lowest BCUT2D eigenvalue weighted by atomic mass is 10.1. The van der Waals surface area contributed by atoms with Crippen LogP contribution < -0.4 is 14.2 Å². The van der Waals surface area contributed by atoms with Crippen molar-refractivity contribution in [1.29, 1.82) is 0 Å². The molecule has 36 heavy (non-hydrogen) atoms. The van der Waals surface area contributed by atoms with Crippen LogP contribution in [0, 0.1) is 11.6 Å². The molecule has 0 amide bonds. The van der Waals surface area contributed by atoms with Gasteiger partial charge in [-0.05, 0) is 54.8 Å².